The fraction of sp³-hybridized carbons (Fsp3) is 1.00. The molecule has 0 radical (unpaired) electrons. The van der Waals surface area contributed by atoms with Crippen LogP contribution in [0.4, 0.5) is 0 Å². The van der Waals surface area contributed by atoms with Crippen LogP contribution in [0.3, 0.4) is 0 Å². The predicted molar refractivity (Wildman–Crippen MR) is 68.0 cm³/mol. The first-order valence-electron chi connectivity index (χ1n) is 6.86. The Hall–Kier alpha value is -0.0400. The topological polar surface area (TPSA) is 12.0 Å². The molecule has 0 aromatic carbocycles. The van der Waals surface area contributed by atoms with Crippen molar-refractivity contribution in [3.05, 3.63) is 0 Å². The van der Waals surface area contributed by atoms with Gasteiger partial charge >= 0.3 is 0 Å². The van der Waals surface area contributed by atoms with Crippen LogP contribution in [-0.4, -0.2) is 12.6 Å². The van der Waals surface area contributed by atoms with Crippen molar-refractivity contribution in [3.63, 3.8) is 0 Å². The Morgan fingerprint density at radius 2 is 1.87 bits per heavy atom. The molecule has 90 valence electrons. The van der Waals surface area contributed by atoms with Gasteiger partial charge in [0.15, 0.2) is 0 Å². The van der Waals surface area contributed by atoms with E-state index in [1.165, 1.54) is 38.6 Å². The van der Waals surface area contributed by atoms with E-state index in [0.29, 0.717) is 0 Å². The molecule has 2 atom stereocenters. The fourth-order valence-corrected chi connectivity index (χ4v) is 2.42. The number of rotatable bonds is 8. The molecule has 0 aliphatic heterocycles. The molecular weight excluding hydrogens is 182 g/mol. The smallest absolute Gasteiger partial charge is 0.00683 e. The summed E-state index contributed by atoms with van der Waals surface area (Å²) in [4.78, 5) is 0. The highest BCUT2D eigenvalue weighted by Crippen LogP contribution is 2.25. The summed E-state index contributed by atoms with van der Waals surface area (Å²) in [5, 5.41) is 3.70. The minimum atomic E-state index is 0.843. The van der Waals surface area contributed by atoms with Crippen molar-refractivity contribution in [2.75, 3.05) is 6.54 Å². The van der Waals surface area contributed by atoms with Crippen molar-refractivity contribution in [2.24, 2.45) is 17.8 Å². The first-order valence-corrected chi connectivity index (χ1v) is 6.86. The molecule has 1 fully saturated rings. The highest BCUT2D eigenvalue weighted by Gasteiger charge is 2.24. The third-order valence-electron chi connectivity index (χ3n) is 3.57. The molecule has 0 heterocycles. The van der Waals surface area contributed by atoms with E-state index in [1.807, 2.05) is 0 Å². The Morgan fingerprint density at radius 1 is 1.20 bits per heavy atom. The van der Waals surface area contributed by atoms with E-state index in [0.717, 1.165) is 23.8 Å². The molecule has 1 heteroatoms. The molecular formula is C14H29N. The molecule has 0 saturated heterocycles. The Morgan fingerprint density at radius 3 is 2.33 bits per heavy atom. The van der Waals surface area contributed by atoms with Gasteiger partial charge in [-0.15, -0.1) is 0 Å². The van der Waals surface area contributed by atoms with E-state index < -0.39 is 0 Å². The zero-order chi connectivity index (χ0) is 11.3. The largest absolute Gasteiger partial charge is 0.314 e. The van der Waals surface area contributed by atoms with Gasteiger partial charge in [0, 0.05) is 6.04 Å². The van der Waals surface area contributed by atoms with Gasteiger partial charge in [-0.25, -0.2) is 0 Å². The minimum Gasteiger partial charge on any atom is -0.314 e. The van der Waals surface area contributed by atoms with Crippen molar-refractivity contribution in [1.29, 1.82) is 0 Å². The summed E-state index contributed by atoms with van der Waals surface area (Å²) in [5.41, 5.74) is 0. The highest BCUT2D eigenvalue weighted by molar-refractivity contribution is 4.83. The van der Waals surface area contributed by atoms with E-state index in [9.17, 15) is 0 Å². The van der Waals surface area contributed by atoms with Gasteiger partial charge in [-0.05, 0) is 43.6 Å². The Bertz CT molecular complexity index is 161. The van der Waals surface area contributed by atoms with E-state index >= 15 is 0 Å². The highest BCUT2D eigenvalue weighted by atomic mass is 14.9. The van der Waals surface area contributed by atoms with Crippen LogP contribution in [0.15, 0.2) is 0 Å². The second-order valence-electron chi connectivity index (χ2n) is 5.84. The summed E-state index contributed by atoms with van der Waals surface area (Å²) in [6.45, 7) is 10.7. The molecule has 0 amide bonds. The minimum absolute atomic E-state index is 0.843. The molecule has 1 aliphatic rings. The van der Waals surface area contributed by atoms with Crippen molar-refractivity contribution < 1.29 is 0 Å². The van der Waals surface area contributed by atoms with Crippen LogP contribution in [0.1, 0.15) is 59.8 Å². The summed E-state index contributed by atoms with van der Waals surface area (Å²) in [7, 11) is 0. The fourth-order valence-electron chi connectivity index (χ4n) is 2.42. The maximum absolute atomic E-state index is 3.70. The third kappa shape index (κ3) is 5.55. The van der Waals surface area contributed by atoms with Gasteiger partial charge in [-0.1, -0.05) is 40.5 Å². The molecule has 0 aromatic rings. The number of hydrogen-bond donors (Lipinski definition) is 1. The number of nitrogens with one attached hydrogen (secondary N) is 1. The summed E-state index contributed by atoms with van der Waals surface area (Å²) in [5.74, 6) is 2.63. The summed E-state index contributed by atoms with van der Waals surface area (Å²) < 4.78 is 0. The third-order valence-corrected chi connectivity index (χ3v) is 3.57. The maximum atomic E-state index is 3.70. The van der Waals surface area contributed by atoms with Crippen molar-refractivity contribution in [1.82, 2.24) is 5.32 Å². The Balaban J connectivity index is 2.28. The second-order valence-corrected chi connectivity index (χ2v) is 5.84. The molecule has 2 unspecified atom stereocenters. The summed E-state index contributed by atoms with van der Waals surface area (Å²) >= 11 is 0. The number of hydrogen-bond acceptors (Lipinski definition) is 1. The first-order chi connectivity index (χ1) is 7.13. The molecule has 1 aliphatic carbocycles. The molecule has 1 N–H and O–H groups in total. The van der Waals surface area contributed by atoms with Crippen molar-refractivity contribution in [2.45, 2.75) is 65.8 Å². The first kappa shape index (κ1) is 13.0. The molecule has 1 saturated carbocycles. The Kier molecular flexibility index (Phi) is 5.66. The SMILES string of the molecule is CCCC(C)C(CNC1CC1)CC(C)C. The zero-order valence-corrected chi connectivity index (χ0v) is 11.1. The van der Waals surface area contributed by atoms with Crippen molar-refractivity contribution >= 4 is 0 Å². The molecule has 0 spiro atoms. The van der Waals surface area contributed by atoms with E-state index in [2.05, 4.69) is 33.0 Å². The maximum Gasteiger partial charge on any atom is 0.00683 e. The van der Waals surface area contributed by atoms with E-state index in [4.69, 9.17) is 0 Å². The predicted octanol–water partition coefficient (Wildman–Crippen LogP) is 3.84. The van der Waals surface area contributed by atoms with Crippen LogP contribution in [0.2, 0.25) is 0 Å². The van der Waals surface area contributed by atoms with Crippen LogP contribution in [0.5, 0.6) is 0 Å². The van der Waals surface area contributed by atoms with Gasteiger partial charge in [-0.3, -0.25) is 0 Å². The molecule has 1 rings (SSSR count). The Labute approximate surface area is 96.0 Å². The van der Waals surface area contributed by atoms with Crippen LogP contribution in [0, 0.1) is 17.8 Å². The van der Waals surface area contributed by atoms with Gasteiger partial charge in [0.1, 0.15) is 0 Å². The van der Waals surface area contributed by atoms with E-state index in [1.54, 1.807) is 0 Å². The molecule has 15 heavy (non-hydrogen) atoms. The standard InChI is InChI=1S/C14H29N/c1-5-6-12(4)13(9-11(2)3)10-15-14-7-8-14/h11-15H,5-10H2,1-4H3. The average Bonchev–Trinajstić information content (AvgIpc) is 2.95. The lowest BCUT2D eigenvalue weighted by molar-refractivity contribution is 0.272. The van der Waals surface area contributed by atoms with Crippen molar-refractivity contribution in [3.8, 4) is 0 Å². The van der Waals surface area contributed by atoms with Crippen LogP contribution in [-0.2, 0) is 0 Å². The second kappa shape index (κ2) is 6.52. The quantitative estimate of drug-likeness (QED) is 0.643. The van der Waals surface area contributed by atoms with Crippen LogP contribution in [0.25, 0.3) is 0 Å². The normalized spacial score (nSPS) is 20.6. The average molecular weight is 211 g/mol. The van der Waals surface area contributed by atoms with Gasteiger partial charge in [0.2, 0.25) is 0 Å². The van der Waals surface area contributed by atoms with E-state index in [-0.39, 0.29) is 0 Å². The summed E-state index contributed by atoms with van der Waals surface area (Å²) in [6, 6.07) is 0.869. The lowest BCUT2D eigenvalue weighted by atomic mass is 9.84. The lowest BCUT2D eigenvalue weighted by Crippen LogP contribution is -2.29. The van der Waals surface area contributed by atoms with Crippen LogP contribution >= 0.6 is 0 Å². The van der Waals surface area contributed by atoms with Gasteiger partial charge in [0.05, 0.1) is 0 Å². The monoisotopic (exact) mass is 211 g/mol. The molecule has 0 aromatic heterocycles. The lowest BCUT2D eigenvalue weighted by Gasteiger charge is -2.26. The molecule has 1 nitrogen and oxygen atoms in total. The van der Waals surface area contributed by atoms with Gasteiger partial charge in [0.25, 0.3) is 0 Å². The van der Waals surface area contributed by atoms with Gasteiger partial charge < -0.3 is 5.32 Å². The van der Waals surface area contributed by atoms with Crippen LogP contribution < -0.4 is 5.32 Å². The zero-order valence-electron chi connectivity index (χ0n) is 11.1. The van der Waals surface area contributed by atoms with Gasteiger partial charge in [-0.2, -0.15) is 0 Å². The summed E-state index contributed by atoms with van der Waals surface area (Å²) in [6.07, 6.45) is 6.94. The molecule has 0 bridgehead atoms.